The molecule has 1 aromatic rings. The topological polar surface area (TPSA) is 68.0 Å². The largest absolute Gasteiger partial charge is 0.397 e. The summed E-state index contributed by atoms with van der Waals surface area (Å²) in [4.78, 5) is 16.6. The SMILES string of the molecule is Cc1cc(N)cnc1C1=CCC(C(=O)NC(C)(C)C)CC1. The van der Waals surface area contributed by atoms with E-state index in [9.17, 15) is 4.79 Å². The number of nitrogens with zero attached hydrogens (tertiary/aromatic N) is 1. The number of hydrogen-bond donors (Lipinski definition) is 2. The van der Waals surface area contributed by atoms with Crippen LogP contribution in [0.3, 0.4) is 0 Å². The van der Waals surface area contributed by atoms with E-state index in [1.165, 1.54) is 5.57 Å². The Morgan fingerprint density at radius 3 is 2.67 bits per heavy atom. The Bertz CT molecular complexity index is 570. The average molecular weight is 287 g/mol. The molecule has 0 aliphatic heterocycles. The van der Waals surface area contributed by atoms with Crippen molar-refractivity contribution in [1.82, 2.24) is 10.3 Å². The Balaban J connectivity index is 2.07. The lowest BCUT2D eigenvalue weighted by atomic mass is 9.86. The Morgan fingerprint density at radius 1 is 1.43 bits per heavy atom. The van der Waals surface area contributed by atoms with Gasteiger partial charge in [-0.3, -0.25) is 9.78 Å². The molecule has 0 aromatic carbocycles. The first-order valence-corrected chi connectivity index (χ1v) is 7.50. The lowest BCUT2D eigenvalue weighted by Crippen LogP contribution is -2.44. The van der Waals surface area contributed by atoms with E-state index in [0.29, 0.717) is 5.69 Å². The maximum absolute atomic E-state index is 12.2. The number of anilines is 1. The van der Waals surface area contributed by atoms with E-state index in [4.69, 9.17) is 5.73 Å². The van der Waals surface area contributed by atoms with E-state index in [1.54, 1.807) is 6.20 Å². The minimum absolute atomic E-state index is 0.0714. The zero-order valence-electron chi connectivity index (χ0n) is 13.4. The molecule has 0 spiro atoms. The number of nitrogens with two attached hydrogens (primary N) is 1. The second-order valence-electron chi connectivity index (χ2n) is 6.87. The van der Waals surface area contributed by atoms with Crippen LogP contribution in [-0.4, -0.2) is 16.4 Å². The van der Waals surface area contributed by atoms with Gasteiger partial charge in [0, 0.05) is 11.5 Å². The third-order valence-electron chi connectivity index (χ3n) is 3.68. The molecule has 1 atom stereocenters. The average Bonchev–Trinajstić information content (AvgIpc) is 2.37. The summed E-state index contributed by atoms with van der Waals surface area (Å²) in [6, 6.07) is 1.95. The molecule has 21 heavy (non-hydrogen) atoms. The number of pyridine rings is 1. The smallest absolute Gasteiger partial charge is 0.223 e. The third-order valence-corrected chi connectivity index (χ3v) is 3.68. The summed E-state index contributed by atoms with van der Waals surface area (Å²) in [5, 5.41) is 3.06. The molecular weight excluding hydrogens is 262 g/mol. The van der Waals surface area contributed by atoms with Crippen molar-refractivity contribution in [3.63, 3.8) is 0 Å². The Labute approximate surface area is 126 Å². The second kappa shape index (κ2) is 5.88. The minimum Gasteiger partial charge on any atom is -0.397 e. The molecule has 1 aliphatic carbocycles. The van der Waals surface area contributed by atoms with E-state index in [-0.39, 0.29) is 17.4 Å². The van der Waals surface area contributed by atoms with E-state index in [2.05, 4.69) is 16.4 Å². The molecule has 0 radical (unpaired) electrons. The first-order chi connectivity index (χ1) is 9.76. The molecule has 1 unspecified atom stereocenters. The van der Waals surface area contributed by atoms with Gasteiger partial charge in [-0.1, -0.05) is 6.08 Å². The molecule has 2 rings (SSSR count). The monoisotopic (exact) mass is 287 g/mol. The first-order valence-electron chi connectivity index (χ1n) is 7.50. The van der Waals surface area contributed by atoms with E-state index < -0.39 is 0 Å². The van der Waals surface area contributed by atoms with Crippen molar-refractivity contribution < 1.29 is 4.79 Å². The number of hydrogen-bond acceptors (Lipinski definition) is 3. The lowest BCUT2D eigenvalue weighted by Gasteiger charge is -2.27. The number of nitrogens with one attached hydrogen (secondary N) is 1. The van der Waals surface area contributed by atoms with Crippen LogP contribution in [0, 0.1) is 12.8 Å². The third kappa shape index (κ3) is 4.06. The van der Waals surface area contributed by atoms with Crippen molar-refractivity contribution in [1.29, 1.82) is 0 Å². The highest BCUT2D eigenvalue weighted by Gasteiger charge is 2.25. The van der Waals surface area contributed by atoms with Gasteiger partial charge in [-0.05, 0) is 64.2 Å². The van der Waals surface area contributed by atoms with Crippen molar-refractivity contribution >= 4 is 17.2 Å². The van der Waals surface area contributed by atoms with E-state index >= 15 is 0 Å². The van der Waals surface area contributed by atoms with Crippen molar-refractivity contribution in [3.8, 4) is 0 Å². The van der Waals surface area contributed by atoms with E-state index in [1.807, 2.05) is 33.8 Å². The number of allylic oxidation sites excluding steroid dienone is 2. The van der Waals surface area contributed by atoms with Crippen molar-refractivity contribution in [2.45, 2.75) is 52.5 Å². The van der Waals surface area contributed by atoms with Gasteiger partial charge in [0.15, 0.2) is 0 Å². The number of nitrogen functional groups attached to an aromatic ring is 1. The molecule has 0 bridgehead atoms. The Hall–Kier alpha value is -1.84. The normalized spacial score (nSPS) is 19.0. The first kappa shape index (κ1) is 15.5. The highest BCUT2D eigenvalue weighted by Crippen LogP contribution is 2.31. The lowest BCUT2D eigenvalue weighted by molar-refractivity contribution is -0.126. The van der Waals surface area contributed by atoms with Gasteiger partial charge < -0.3 is 11.1 Å². The van der Waals surface area contributed by atoms with Gasteiger partial charge in [0.05, 0.1) is 17.6 Å². The highest BCUT2D eigenvalue weighted by molar-refractivity contribution is 5.81. The highest BCUT2D eigenvalue weighted by atomic mass is 16.2. The minimum atomic E-state index is -0.170. The summed E-state index contributed by atoms with van der Waals surface area (Å²) in [6.07, 6.45) is 6.39. The standard InChI is InChI=1S/C17H25N3O/c1-11-9-14(18)10-19-15(11)12-5-7-13(8-6-12)16(21)20-17(2,3)4/h5,9-10,13H,6-8,18H2,1-4H3,(H,20,21). The predicted octanol–water partition coefficient (Wildman–Crippen LogP) is 3.07. The second-order valence-corrected chi connectivity index (χ2v) is 6.87. The molecule has 0 fully saturated rings. The summed E-state index contributed by atoms with van der Waals surface area (Å²) < 4.78 is 0. The van der Waals surface area contributed by atoms with Crippen LogP contribution in [0.15, 0.2) is 18.3 Å². The Morgan fingerprint density at radius 2 is 2.14 bits per heavy atom. The zero-order valence-corrected chi connectivity index (χ0v) is 13.4. The molecule has 3 N–H and O–H groups in total. The molecular formula is C17H25N3O. The van der Waals surface area contributed by atoms with Crippen LogP contribution in [0.1, 0.15) is 51.3 Å². The van der Waals surface area contributed by atoms with Crippen LogP contribution in [0.4, 0.5) is 5.69 Å². The molecule has 1 aromatic heterocycles. The van der Waals surface area contributed by atoms with Gasteiger partial charge in [-0.25, -0.2) is 0 Å². The molecule has 1 amide bonds. The number of carbonyl (C=O) groups excluding carboxylic acids is 1. The quantitative estimate of drug-likeness (QED) is 0.878. The van der Waals surface area contributed by atoms with Crippen LogP contribution in [0.5, 0.6) is 0 Å². The Kier molecular flexibility index (Phi) is 4.35. The summed E-state index contributed by atoms with van der Waals surface area (Å²) in [5.74, 6) is 0.224. The fourth-order valence-corrected chi connectivity index (χ4v) is 2.69. The molecule has 4 heteroatoms. The molecule has 4 nitrogen and oxygen atoms in total. The summed E-state index contributed by atoms with van der Waals surface area (Å²) in [7, 11) is 0. The molecule has 0 saturated heterocycles. The van der Waals surface area contributed by atoms with Crippen LogP contribution >= 0.6 is 0 Å². The van der Waals surface area contributed by atoms with Gasteiger partial charge in [-0.2, -0.15) is 0 Å². The van der Waals surface area contributed by atoms with Crippen LogP contribution < -0.4 is 11.1 Å². The van der Waals surface area contributed by atoms with Crippen LogP contribution in [0.2, 0.25) is 0 Å². The number of aryl methyl sites for hydroxylation is 1. The number of amides is 1. The van der Waals surface area contributed by atoms with E-state index in [0.717, 1.165) is 30.5 Å². The van der Waals surface area contributed by atoms with Gasteiger partial charge in [0.25, 0.3) is 0 Å². The number of aromatic nitrogens is 1. The van der Waals surface area contributed by atoms with Crippen molar-refractivity contribution in [3.05, 3.63) is 29.6 Å². The van der Waals surface area contributed by atoms with Gasteiger partial charge in [0.1, 0.15) is 0 Å². The van der Waals surface area contributed by atoms with Crippen molar-refractivity contribution in [2.75, 3.05) is 5.73 Å². The van der Waals surface area contributed by atoms with Crippen LogP contribution in [0.25, 0.3) is 5.57 Å². The number of rotatable bonds is 2. The fraction of sp³-hybridized carbons (Fsp3) is 0.529. The summed E-state index contributed by atoms with van der Waals surface area (Å²) >= 11 is 0. The summed E-state index contributed by atoms with van der Waals surface area (Å²) in [5.41, 5.74) is 9.60. The molecule has 0 saturated carbocycles. The van der Waals surface area contributed by atoms with Crippen LogP contribution in [-0.2, 0) is 4.79 Å². The summed E-state index contributed by atoms with van der Waals surface area (Å²) in [6.45, 7) is 8.06. The molecule has 1 aliphatic rings. The maximum Gasteiger partial charge on any atom is 0.223 e. The fourth-order valence-electron chi connectivity index (χ4n) is 2.69. The number of carbonyl (C=O) groups is 1. The maximum atomic E-state index is 12.2. The van der Waals surface area contributed by atoms with Gasteiger partial charge in [-0.15, -0.1) is 0 Å². The zero-order chi connectivity index (χ0) is 15.6. The molecule has 1 heterocycles. The van der Waals surface area contributed by atoms with Crippen molar-refractivity contribution in [2.24, 2.45) is 5.92 Å². The van der Waals surface area contributed by atoms with Gasteiger partial charge in [0.2, 0.25) is 5.91 Å². The van der Waals surface area contributed by atoms with Gasteiger partial charge >= 0.3 is 0 Å². The predicted molar refractivity (Wildman–Crippen MR) is 86.6 cm³/mol. The molecule has 114 valence electrons.